The van der Waals surface area contributed by atoms with Crippen LogP contribution in [0.2, 0.25) is 0 Å². The number of nitrogen functional groups attached to an aromatic ring is 1. The highest BCUT2D eigenvalue weighted by atomic mass is 16.5. The highest BCUT2D eigenvalue weighted by molar-refractivity contribution is 5.98. The summed E-state index contributed by atoms with van der Waals surface area (Å²) in [6.07, 6.45) is 0. The molecule has 0 radical (unpaired) electrons. The van der Waals surface area contributed by atoms with Crippen molar-refractivity contribution in [1.29, 1.82) is 0 Å². The number of aliphatic hydroxyl groups excluding tert-OH is 1. The summed E-state index contributed by atoms with van der Waals surface area (Å²) in [6.45, 7) is 6.03. The fraction of sp³-hybridized carbons (Fsp3) is 0.500. The molecule has 106 valence electrons. The lowest BCUT2D eigenvalue weighted by molar-refractivity contribution is 0.0912. The number of para-hydroxylation sites is 1. The van der Waals surface area contributed by atoms with Crippen molar-refractivity contribution >= 4 is 11.6 Å². The number of hydrogen-bond donors (Lipinski definition) is 3. The van der Waals surface area contributed by atoms with E-state index in [1.807, 2.05) is 20.8 Å². The molecule has 0 aromatic heterocycles. The maximum absolute atomic E-state index is 12.2. The number of carbonyl (C=O) groups is 1. The number of carbonyl (C=O) groups excluding carboxylic acids is 1. The zero-order valence-electron chi connectivity index (χ0n) is 11.6. The third-order valence-electron chi connectivity index (χ3n) is 3.08. The molecule has 0 spiro atoms. The summed E-state index contributed by atoms with van der Waals surface area (Å²) in [5.74, 6) is 0.149. The maximum atomic E-state index is 12.2. The zero-order valence-corrected chi connectivity index (χ0v) is 11.6. The number of ether oxygens (including phenoxy) is 1. The van der Waals surface area contributed by atoms with Gasteiger partial charge in [0.15, 0.2) is 5.75 Å². The van der Waals surface area contributed by atoms with Crippen LogP contribution in [-0.4, -0.2) is 30.3 Å². The topological polar surface area (TPSA) is 84.6 Å². The molecule has 5 nitrogen and oxygen atoms in total. The smallest absolute Gasteiger partial charge is 0.255 e. The first-order valence-corrected chi connectivity index (χ1v) is 6.44. The third-order valence-corrected chi connectivity index (χ3v) is 3.08. The van der Waals surface area contributed by atoms with E-state index in [9.17, 15) is 4.79 Å². The molecule has 0 fully saturated rings. The third kappa shape index (κ3) is 3.86. The predicted molar refractivity (Wildman–Crippen MR) is 75.2 cm³/mol. The van der Waals surface area contributed by atoms with Gasteiger partial charge in [0, 0.05) is 12.6 Å². The van der Waals surface area contributed by atoms with Crippen LogP contribution in [0, 0.1) is 5.92 Å². The summed E-state index contributed by atoms with van der Waals surface area (Å²) in [7, 11) is 0. The molecule has 0 saturated carbocycles. The van der Waals surface area contributed by atoms with Gasteiger partial charge in [-0.3, -0.25) is 4.79 Å². The molecule has 0 aliphatic rings. The molecule has 0 heterocycles. The number of aliphatic hydroxyl groups is 1. The van der Waals surface area contributed by atoms with Gasteiger partial charge >= 0.3 is 0 Å². The predicted octanol–water partition coefficient (Wildman–Crippen LogP) is 1.41. The van der Waals surface area contributed by atoms with Gasteiger partial charge in [0.25, 0.3) is 5.91 Å². The summed E-state index contributed by atoms with van der Waals surface area (Å²) in [5.41, 5.74) is 6.67. The zero-order chi connectivity index (χ0) is 14.4. The van der Waals surface area contributed by atoms with Gasteiger partial charge in [0.2, 0.25) is 0 Å². The van der Waals surface area contributed by atoms with E-state index in [1.165, 1.54) is 0 Å². The Balaban J connectivity index is 2.90. The summed E-state index contributed by atoms with van der Waals surface area (Å²) < 4.78 is 5.42. The highest BCUT2D eigenvalue weighted by Gasteiger charge is 2.19. The minimum Gasteiger partial charge on any atom is -0.491 e. The second kappa shape index (κ2) is 6.99. The Kier molecular flexibility index (Phi) is 5.63. The minimum atomic E-state index is -0.247. The molecule has 0 saturated heterocycles. The standard InChI is InChI=1S/C14H22N2O3/c1-4-19-13-11(6-5-7-12(13)15)14(18)16-10(3)9(2)8-17/h5-7,9-10,17H,4,8,15H2,1-3H3,(H,16,18). The van der Waals surface area contributed by atoms with Gasteiger partial charge in [-0.05, 0) is 31.9 Å². The van der Waals surface area contributed by atoms with E-state index in [-0.39, 0.29) is 24.5 Å². The summed E-state index contributed by atoms with van der Waals surface area (Å²) in [5, 5.41) is 11.9. The molecule has 0 aliphatic carbocycles. The van der Waals surface area contributed by atoms with Crippen LogP contribution in [0.15, 0.2) is 18.2 Å². The molecule has 5 heteroatoms. The van der Waals surface area contributed by atoms with Crippen molar-refractivity contribution in [3.63, 3.8) is 0 Å². The minimum absolute atomic E-state index is 0.0134. The molecule has 1 amide bonds. The van der Waals surface area contributed by atoms with E-state index in [0.717, 1.165) is 0 Å². The molecule has 1 aromatic carbocycles. The Labute approximate surface area is 113 Å². The van der Waals surface area contributed by atoms with Crippen molar-refractivity contribution in [1.82, 2.24) is 5.32 Å². The monoisotopic (exact) mass is 266 g/mol. The molecule has 1 rings (SSSR count). The number of benzene rings is 1. The Morgan fingerprint density at radius 1 is 1.47 bits per heavy atom. The molecule has 2 atom stereocenters. The molecule has 2 unspecified atom stereocenters. The van der Waals surface area contributed by atoms with Gasteiger partial charge in [-0.2, -0.15) is 0 Å². The van der Waals surface area contributed by atoms with Crippen LogP contribution in [0.4, 0.5) is 5.69 Å². The van der Waals surface area contributed by atoms with Crippen molar-refractivity contribution < 1.29 is 14.6 Å². The summed E-state index contributed by atoms with van der Waals surface area (Å²) in [6, 6.07) is 4.95. The molecule has 19 heavy (non-hydrogen) atoms. The van der Waals surface area contributed by atoms with E-state index in [0.29, 0.717) is 23.6 Å². The second-order valence-corrected chi connectivity index (χ2v) is 4.58. The second-order valence-electron chi connectivity index (χ2n) is 4.58. The quantitative estimate of drug-likeness (QED) is 0.680. The van der Waals surface area contributed by atoms with Crippen molar-refractivity contribution in [2.24, 2.45) is 5.92 Å². The number of nitrogens with one attached hydrogen (secondary N) is 1. The van der Waals surface area contributed by atoms with Gasteiger partial charge < -0.3 is 20.9 Å². The van der Waals surface area contributed by atoms with E-state index >= 15 is 0 Å². The Hall–Kier alpha value is -1.75. The van der Waals surface area contributed by atoms with Crippen LogP contribution in [0.5, 0.6) is 5.75 Å². The van der Waals surface area contributed by atoms with Gasteiger partial charge in [0.1, 0.15) is 0 Å². The lowest BCUT2D eigenvalue weighted by Gasteiger charge is -2.20. The molecular formula is C14H22N2O3. The van der Waals surface area contributed by atoms with Crippen LogP contribution in [-0.2, 0) is 0 Å². The van der Waals surface area contributed by atoms with Crippen LogP contribution >= 0.6 is 0 Å². The van der Waals surface area contributed by atoms with Crippen molar-refractivity contribution in [2.45, 2.75) is 26.8 Å². The SMILES string of the molecule is CCOc1c(N)cccc1C(=O)NC(C)C(C)CO. The fourth-order valence-electron chi connectivity index (χ4n) is 1.62. The van der Waals surface area contributed by atoms with Crippen molar-refractivity contribution in [2.75, 3.05) is 18.9 Å². The van der Waals surface area contributed by atoms with Gasteiger partial charge in [0.05, 0.1) is 17.9 Å². The Bertz CT molecular complexity index is 435. The summed E-state index contributed by atoms with van der Waals surface area (Å²) >= 11 is 0. The Morgan fingerprint density at radius 3 is 2.74 bits per heavy atom. The normalized spacial score (nSPS) is 13.7. The maximum Gasteiger partial charge on any atom is 0.255 e. The van der Waals surface area contributed by atoms with Crippen LogP contribution in [0.3, 0.4) is 0 Å². The fourth-order valence-corrected chi connectivity index (χ4v) is 1.62. The number of amides is 1. The van der Waals surface area contributed by atoms with E-state index in [1.54, 1.807) is 18.2 Å². The van der Waals surface area contributed by atoms with Crippen molar-refractivity contribution in [3.8, 4) is 5.75 Å². The van der Waals surface area contributed by atoms with Gasteiger partial charge in [-0.25, -0.2) is 0 Å². The molecule has 1 aromatic rings. The van der Waals surface area contributed by atoms with E-state index in [2.05, 4.69) is 5.32 Å². The first-order valence-electron chi connectivity index (χ1n) is 6.44. The van der Waals surface area contributed by atoms with Crippen molar-refractivity contribution in [3.05, 3.63) is 23.8 Å². The average Bonchev–Trinajstić information content (AvgIpc) is 2.40. The average molecular weight is 266 g/mol. The van der Waals surface area contributed by atoms with Gasteiger partial charge in [-0.1, -0.05) is 13.0 Å². The lowest BCUT2D eigenvalue weighted by atomic mass is 10.0. The first kappa shape index (κ1) is 15.3. The van der Waals surface area contributed by atoms with Crippen LogP contribution in [0.1, 0.15) is 31.1 Å². The number of nitrogens with two attached hydrogens (primary N) is 1. The first-order chi connectivity index (χ1) is 9.01. The molecule has 0 aliphatic heterocycles. The van der Waals surface area contributed by atoms with Crippen LogP contribution < -0.4 is 15.8 Å². The number of rotatable bonds is 6. The van der Waals surface area contributed by atoms with E-state index in [4.69, 9.17) is 15.6 Å². The molecule has 4 N–H and O–H groups in total. The molecule has 0 bridgehead atoms. The Morgan fingerprint density at radius 2 is 2.16 bits per heavy atom. The largest absolute Gasteiger partial charge is 0.491 e. The lowest BCUT2D eigenvalue weighted by Crippen LogP contribution is -2.38. The van der Waals surface area contributed by atoms with Gasteiger partial charge in [-0.15, -0.1) is 0 Å². The van der Waals surface area contributed by atoms with E-state index < -0.39 is 0 Å². The molecular weight excluding hydrogens is 244 g/mol. The number of hydrogen-bond acceptors (Lipinski definition) is 4. The number of anilines is 1. The van der Waals surface area contributed by atoms with Crippen LogP contribution in [0.25, 0.3) is 0 Å². The summed E-state index contributed by atoms with van der Waals surface area (Å²) in [4.78, 5) is 12.2. The highest BCUT2D eigenvalue weighted by Crippen LogP contribution is 2.26.